The van der Waals surface area contributed by atoms with Crippen LogP contribution in [0, 0.1) is 15.3 Å². The summed E-state index contributed by atoms with van der Waals surface area (Å²) in [5.74, 6) is -3.01. The van der Waals surface area contributed by atoms with Crippen LogP contribution in [0.1, 0.15) is 6.42 Å². The smallest absolute Gasteiger partial charge is 0.277 e. The molecule has 0 unspecified atom stereocenters. The Hall–Kier alpha value is -1.13. The Labute approximate surface area is 95.5 Å². The van der Waals surface area contributed by atoms with E-state index in [4.69, 9.17) is 30.6 Å². The first-order valence-corrected chi connectivity index (χ1v) is 4.36. The molecule has 0 heterocycles. The molecule has 0 aliphatic carbocycles. The highest BCUT2D eigenvalue weighted by Crippen LogP contribution is 2.00. The van der Waals surface area contributed by atoms with Crippen molar-refractivity contribution in [3.8, 4) is 0 Å². The number of hydrogen-bond acceptors (Lipinski definition) is 10. The van der Waals surface area contributed by atoms with Crippen molar-refractivity contribution in [1.82, 2.24) is 12.3 Å². The summed E-state index contributed by atoms with van der Waals surface area (Å²) in [5, 5.41) is 39.2. The number of nitrogens with zero attached hydrogens (tertiary/aromatic N) is 1. The van der Waals surface area contributed by atoms with Crippen LogP contribution in [0.5, 0.6) is 0 Å². The lowest BCUT2D eigenvalue weighted by atomic mass is 10.4. The molecule has 0 aliphatic rings. The van der Waals surface area contributed by atoms with Gasteiger partial charge in [0.25, 0.3) is 5.97 Å². The molecule has 0 saturated heterocycles. The third-order valence-corrected chi connectivity index (χ3v) is 1.12. The van der Waals surface area contributed by atoms with Crippen LogP contribution in [0.4, 0.5) is 0 Å². The normalized spacial score (nSPS) is 10.1. The molecule has 0 radical (unpaired) electrons. The maximum absolute atomic E-state index is 9.69. The van der Waals surface area contributed by atoms with E-state index in [0.29, 0.717) is 0 Å². The van der Waals surface area contributed by atoms with Crippen molar-refractivity contribution in [2.24, 2.45) is 0 Å². The number of hydrogen-bond donors (Lipinski definition) is 5. The summed E-state index contributed by atoms with van der Waals surface area (Å²) in [6.07, 6.45) is -0.783. The molecule has 0 aromatic rings. The fraction of sp³-hybridized carbons (Fsp3) is 1.00. The van der Waals surface area contributed by atoms with Gasteiger partial charge in [-0.25, -0.2) is 8.42 Å². The van der Waals surface area contributed by atoms with E-state index in [2.05, 4.69) is 4.18 Å². The molecule has 11 N–H and O–H groups in total. The third kappa shape index (κ3) is 52.2. The average molecular weight is 285 g/mol. The molecule has 0 bridgehead atoms. The molecule has 0 saturated carbocycles. The molecule has 13 nitrogen and oxygen atoms in total. The second-order valence-corrected chi connectivity index (χ2v) is 3.03. The lowest BCUT2D eigenvalue weighted by molar-refractivity contribution is -0.402. The highest BCUT2D eigenvalue weighted by Gasteiger charge is 2.17. The van der Waals surface area contributed by atoms with Crippen molar-refractivity contribution in [3.05, 3.63) is 15.3 Å². The fourth-order valence-electron chi connectivity index (χ4n) is 0.281. The average Bonchev–Trinajstić information content (AvgIpc) is 1.77. The van der Waals surface area contributed by atoms with E-state index in [1.54, 1.807) is 0 Å². The van der Waals surface area contributed by atoms with Crippen molar-refractivity contribution in [3.63, 3.8) is 0 Å². The van der Waals surface area contributed by atoms with Gasteiger partial charge in [-0.05, 0) is 0 Å². The molecule has 0 spiro atoms. The van der Waals surface area contributed by atoms with Crippen LogP contribution in [-0.2, 0) is 14.6 Å². The summed E-state index contributed by atoms with van der Waals surface area (Å²) in [6, 6.07) is 0. The minimum Gasteiger partial charge on any atom is -0.726 e. The highest BCUT2D eigenvalue weighted by molar-refractivity contribution is 7.80. The van der Waals surface area contributed by atoms with Crippen LogP contribution in [0.25, 0.3) is 0 Å². The van der Waals surface area contributed by atoms with E-state index < -0.39 is 34.5 Å². The largest absolute Gasteiger partial charge is 0.726 e. The Morgan fingerprint density at radius 3 is 1.65 bits per heavy atom. The zero-order chi connectivity index (χ0) is 12.7. The van der Waals surface area contributed by atoms with Crippen LogP contribution in [0.15, 0.2) is 0 Å². The molecule has 17 heavy (non-hydrogen) atoms. The molecular weight excluding hydrogens is 270 g/mol. The Bertz CT molecular complexity index is 278. The van der Waals surface area contributed by atoms with E-state index in [0.717, 1.165) is 0 Å². The first kappa shape index (κ1) is 24.9. The van der Waals surface area contributed by atoms with E-state index in [1.807, 2.05) is 0 Å². The van der Waals surface area contributed by atoms with E-state index >= 15 is 0 Å². The van der Waals surface area contributed by atoms with Gasteiger partial charge in [0.2, 0.25) is 10.4 Å². The van der Waals surface area contributed by atoms with Crippen molar-refractivity contribution in [2.45, 2.75) is 12.4 Å². The Morgan fingerprint density at radius 1 is 1.18 bits per heavy atom. The van der Waals surface area contributed by atoms with Gasteiger partial charge in [0.15, 0.2) is 0 Å². The molecule has 0 aromatic heterocycles. The molecule has 0 atom stereocenters. The Morgan fingerprint density at radius 2 is 1.47 bits per heavy atom. The van der Waals surface area contributed by atoms with Crippen LogP contribution < -0.4 is 12.3 Å². The van der Waals surface area contributed by atoms with Gasteiger partial charge in [-0.1, -0.05) is 0 Å². The van der Waals surface area contributed by atoms with Crippen molar-refractivity contribution < 1.29 is 37.6 Å². The summed E-state index contributed by atoms with van der Waals surface area (Å²) in [7, 11) is -4.83. The third-order valence-electron chi connectivity index (χ3n) is 0.665. The lowest BCUT2D eigenvalue weighted by Crippen LogP contribution is -2.29. The molecular formula is C3H15N3O10S. The zero-order valence-corrected chi connectivity index (χ0v) is 9.79. The van der Waals surface area contributed by atoms with Crippen LogP contribution in [0.2, 0.25) is 0 Å². The summed E-state index contributed by atoms with van der Waals surface area (Å²) in [6.45, 7) is -0.782. The van der Waals surface area contributed by atoms with Gasteiger partial charge >= 0.3 is 0 Å². The van der Waals surface area contributed by atoms with E-state index in [9.17, 15) is 13.0 Å². The van der Waals surface area contributed by atoms with Gasteiger partial charge in [0.05, 0.1) is 18.1 Å². The molecule has 108 valence electrons. The van der Waals surface area contributed by atoms with Crippen molar-refractivity contribution >= 4 is 10.4 Å². The van der Waals surface area contributed by atoms with Gasteiger partial charge in [-0.3, -0.25) is 4.18 Å². The second kappa shape index (κ2) is 10.1. The van der Waals surface area contributed by atoms with Crippen molar-refractivity contribution in [2.75, 3.05) is 6.61 Å². The highest BCUT2D eigenvalue weighted by atomic mass is 32.3. The van der Waals surface area contributed by atoms with Crippen LogP contribution in [0.3, 0.4) is 0 Å². The first-order valence-electron chi connectivity index (χ1n) is 3.03. The Kier molecular flexibility index (Phi) is 14.7. The van der Waals surface area contributed by atoms with E-state index in [1.165, 1.54) is 0 Å². The topological polar surface area (TPSA) is 266 Å². The standard InChI is InChI=1S/C3H8O7S.NO3.2H3N/c4-3(5,6)1-2-10-11(7,8)9;2-1(3)4;;/h4-6H,1-2H2,(H,7,8,9);;2*1H3/q;-1;;/p+1. The minimum atomic E-state index is -4.83. The molecule has 14 heteroatoms. The number of rotatable bonds is 4. The molecule has 0 amide bonds. The molecule has 0 aliphatic heterocycles. The van der Waals surface area contributed by atoms with Crippen LogP contribution in [-0.4, -0.2) is 46.0 Å². The zero-order valence-electron chi connectivity index (χ0n) is 8.97. The van der Waals surface area contributed by atoms with Gasteiger partial charge in [0, 0.05) is 0 Å². The van der Waals surface area contributed by atoms with Gasteiger partial charge < -0.3 is 47.5 Å². The number of quaternary nitrogens is 2. The molecule has 0 aromatic carbocycles. The predicted molar refractivity (Wildman–Crippen MR) is 52.0 cm³/mol. The number of aliphatic hydroxyl groups is 3. The monoisotopic (exact) mass is 285 g/mol. The second-order valence-electron chi connectivity index (χ2n) is 1.98. The van der Waals surface area contributed by atoms with Gasteiger partial charge in [-0.15, -0.1) is 0 Å². The maximum atomic E-state index is 9.69. The van der Waals surface area contributed by atoms with Gasteiger partial charge in [0.1, 0.15) is 0 Å². The Balaban J connectivity index is -0.000000123. The summed E-state index contributed by atoms with van der Waals surface area (Å²) < 4.78 is 32.6. The first-order chi connectivity index (χ1) is 6.44. The minimum absolute atomic E-state index is 0. The van der Waals surface area contributed by atoms with Crippen molar-refractivity contribution in [1.29, 1.82) is 0 Å². The van der Waals surface area contributed by atoms with Crippen LogP contribution >= 0.6 is 0 Å². The summed E-state index contributed by atoms with van der Waals surface area (Å²) >= 11 is 0. The SMILES string of the molecule is O=S(=O)([O-])OCCC(O)(O)O.O=[N+]([O-])[O-].[NH4+].[NH4+]. The van der Waals surface area contributed by atoms with E-state index in [-0.39, 0.29) is 12.3 Å². The fourth-order valence-corrected chi connectivity index (χ4v) is 0.568. The lowest BCUT2D eigenvalue weighted by Gasteiger charge is -2.14. The van der Waals surface area contributed by atoms with Gasteiger partial charge in [-0.2, -0.15) is 0 Å². The predicted octanol–water partition coefficient (Wildman–Crippen LogP) is -2.00. The quantitative estimate of drug-likeness (QED) is 0.124. The molecule has 0 rings (SSSR count). The summed E-state index contributed by atoms with van der Waals surface area (Å²) in [4.78, 5) is 8.25. The maximum Gasteiger partial charge on any atom is 0.277 e. The molecule has 0 fully saturated rings. The summed E-state index contributed by atoms with van der Waals surface area (Å²) in [5.41, 5.74) is 0.